The SMILES string of the molecule is COc1ccccc1CNCc1cc(Br)c(OCc2ccccc2)c(OC)c1. The van der Waals surface area contributed by atoms with Crippen LogP contribution in [0.2, 0.25) is 0 Å². The van der Waals surface area contributed by atoms with Gasteiger partial charge < -0.3 is 19.5 Å². The Balaban J connectivity index is 1.65. The van der Waals surface area contributed by atoms with Crippen molar-refractivity contribution in [3.05, 3.63) is 87.9 Å². The van der Waals surface area contributed by atoms with Crippen LogP contribution in [0.4, 0.5) is 0 Å². The molecule has 0 atom stereocenters. The molecule has 0 aliphatic heterocycles. The first-order chi connectivity index (χ1) is 13.7. The van der Waals surface area contributed by atoms with Crippen LogP contribution in [0.5, 0.6) is 17.2 Å². The summed E-state index contributed by atoms with van der Waals surface area (Å²) in [6.45, 7) is 1.91. The third-order valence-electron chi connectivity index (χ3n) is 4.35. The van der Waals surface area contributed by atoms with Crippen LogP contribution in [0.3, 0.4) is 0 Å². The quantitative estimate of drug-likeness (QED) is 0.486. The molecule has 0 spiro atoms. The van der Waals surface area contributed by atoms with Gasteiger partial charge in [0.05, 0.1) is 18.7 Å². The van der Waals surface area contributed by atoms with Crippen LogP contribution in [0.25, 0.3) is 0 Å². The summed E-state index contributed by atoms with van der Waals surface area (Å²) in [6.07, 6.45) is 0. The largest absolute Gasteiger partial charge is 0.496 e. The number of rotatable bonds is 9. The number of ether oxygens (including phenoxy) is 3. The maximum atomic E-state index is 6.00. The number of halogens is 1. The lowest BCUT2D eigenvalue weighted by Gasteiger charge is -2.15. The molecule has 28 heavy (non-hydrogen) atoms. The Hall–Kier alpha value is -2.50. The molecule has 0 heterocycles. The summed E-state index contributed by atoms with van der Waals surface area (Å²) >= 11 is 3.62. The zero-order valence-corrected chi connectivity index (χ0v) is 17.7. The van der Waals surface area contributed by atoms with Crippen molar-refractivity contribution >= 4 is 15.9 Å². The smallest absolute Gasteiger partial charge is 0.175 e. The first kappa shape index (κ1) is 20.2. The average molecular weight is 442 g/mol. The molecule has 0 saturated heterocycles. The van der Waals surface area contributed by atoms with E-state index in [2.05, 4.69) is 33.4 Å². The van der Waals surface area contributed by atoms with Crippen molar-refractivity contribution < 1.29 is 14.2 Å². The minimum atomic E-state index is 0.487. The highest BCUT2D eigenvalue weighted by Gasteiger charge is 2.12. The van der Waals surface area contributed by atoms with Gasteiger partial charge in [-0.25, -0.2) is 0 Å². The zero-order valence-electron chi connectivity index (χ0n) is 16.1. The third kappa shape index (κ3) is 5.27. The number of benzene rings is 3. The molecule has 5 heteroatoms. The van der Waals surface area contributed by atoms with Gasteiger partial charge in [-0.3, -0.25) is 0 Å². The Kier molecular flexibility index (Phi) is 7.34. The van der Waals surface area contributed by atoms with E-state index in [0.29, 0.717) is 24.7 Å². The molecule has 0 aromatic heterocycles. The second-order valence-electron chi connectivity index (χ2n) is 6.30. The molecule has 0 saturated carbocycles. The highest BCUT2D eigenvalue weighted by Crippen LogP contribution is 2.37. The van der Waals surface area contributed by atoms with E-state index in [4.69, 9.17) is 14.2 Å². The minimum Gasteiger partial charge on any atom is -0.496 e. The fourth-order valence-electron chi connectivity index (χ4n) is 2.94. The molecule has 4 nitrogen and oxygen atoms in total. The van der Waals surface area contributed by atoms with E-state index < -0.39 is 0 Å². The van der Waals surface area contributed by atoms with Crippen molar-refractivity contribution in [3.8, 4) is 17.2 Å². The molecule has 0 aliphatic carbocycles. The maximum absolute atomic E-state index is 6.00. The lowest BCUT2D eigenvalue weighted by atomic mass is 10.1. The van der Waals surface area contributed by atoms with Crippen LogP contribution in [0, 0.1) is 0 Å². The van der Waals surface area contributed by atoms with E-state index in [-0.39, 0.29) is 0 Å². The predicted molar refractivity (Wildman–Crippen MR) is 115 cm³/mol. The predicted octanol–water partition coefficient (Wildman–Crippen LogP) is 5.34. The normalized spacial score (nSPS) is 10.5. The number of para-hydroxylation sites is 1. The molecule has 146 valence electrons. The second kappa shape index (κ2) is 10.2. The molecular formula is C23H24BrNO3. The van der Waals surface area contributed by atoms with Crippen LogP contribution in [0.1, 0.15) is 16.7 Å². The number of nitrogens with one attached hydrogen (secondary N) is 1. The highest BCUT2D eigenvalue weighted by molar-refractivity contribution is 9.10. The number of hydrogen-bond acceptors (Lipinski definition) is 4. The van der Waals surface area contributed by atoms with E-state index in [1.807, 2.05) is 54.6 Å². The van der Waals surface area contributed by atoms with Crippen molar-refractivity contribution in [3.63, 3.8) is 0 Å². The van der Waals surface area contributed by atoms with Crippen LogP contribution in [-0.4, -0.2) is 14.2 Å². The standard InChI is InChI=1S/C23H24BrNO3/c1-26-21-11-7-6-10-19(21)15-25-14-18-12-20(24)23(22(13-18)27-2)28-16-17-8-4-3-5-9-17/h3-13,25H,14-16H2,1-2H3. The summed E-state index contributed by atoms with van der Waals surface area (Å²) in [5, 5.41) is 3.45. The van der Waals surface area contributed by atoms with Gasteiger partial charge in [-0.1, -0.05) is 48.5 Å². The lowest BCUT2D eigenvalue weighted by molar-refractivity contribution is 0.282. The Morgan fingerprint density at radius 2 is 1.50 bits per heavy atom. The van der Waals surface area contributed by atoms with Gasteiger partial charge in [-0.15, -0.1) is 0 Å². The van der Waals surface area contributed by atoms with Gasteiger partial charge in [0.2, 0.25) is 0 Å². The Morgan fingerprint density at radius 3 is 2.25 bits per heavy atom. The molecule has 3 aromatic rings. The Morgan fingerprint density at radius 1 is 0.786 bits per heavy atom. The van der Waals surface area contributed by atoms with Crippen molar-refractivity contribution in [2.24, 2.45) is 0 Å². The Labute approximate surface area is 174 Å². The molecule has 0 aliphatic rings. The average Bonchev–Trinajstić information content (AvgIpc) is 2.73. The van der Waals surface area contributed by atoms with Gasteiger partial charge in [0, 0.05) is 18.7 Å². The van der Waals surface area contributed by atoms with Gasteiger partial charge >= 0.3 is 0 Å². The fraction of sp³-hybridized carbons (Fsp3) is 0.217. The maximum Gasteiger partial charge on any atom is 0.175 e. The van der Waals surface area contributed by atoms with Crippen molar-refractivity contribution in [1.29, 1.82) is 0 Å². The van der Waals surface area contributed by atoms with Crippen LogP contribution in [-0.2, 0) is 19.7 Å². The summed E-state index contributed by atoms with van der Waals surface area (Å²) in [5.74, 6) is 2.30. The van der Waals surface area contributed by atoms with Gasteiger partial charge in [0.15, 0.2) is 11.5 Å². The van der Waals surface area contributed by atoms with E-state index in [1.54, 1.807) is 14.2 Å². The van der Waals surface area contributed by atoms with E-state index >= 15 is 0 Å². The molecule has 0 unspecified atom stereocenters. The van der Waals surface area contributed by atoms with Crippen molar-refractivity contribution in [2.45, 2.75) is 19.7 Å². The molecule has 0 fully saturated rings. The monoisotopic (exact) mass is 441 g/mol. The lowest BCUT2D eigenvalue weighted by Crippen LogP contribution is -2.13. The summed E-state index contributed by atoms with van der Waals surface area (Å²) in [7, 11) is 3.35. The fourth-order valence-corrected chi connectivity index (χ4v) is 3.54. The van der Waals surface area contributed by atoms with Crippen LogP contribution < -0.4 is 19.5 Å². The van der Waals surface area contributed by atoms with E-state index in [1.165, 1.54) is 0 Å². The molecule has 3 rings (SSSR count). The number of hydrogen-bond donors (Lipinski definition) is 1. The zero-order chi connectivity index (χ0) is 19.8. The summed E-state index contributed by atoms with van der Waals surface area (Å²) < 4.78 is 17.8. The topological polar surface area (TPSA) is 39.7 Å². The Bertz CT molecular complexity index is 900. The van der Waals surface area contributed by atoms with Gasteiger partial charge in [0.1, 0.15) is 12.4 Å². The molecule has 0 bridgehead atoms. The molecule has 3 aromatic carbocycles. The molecule has 0 radical (unpaired) electrons. The van der Waals surface area contributed by atoms with E-state index in [0.717, 1.165) is 33.5 Å². The molecule has 1 N–H and O–H groups in total. The van der Waals surface area contributed by atoms with Gasteiger partial charge in [-0.05, 0) is 45.3 Å². The molecule has 0 amide bonds. The van der Waals surface area contributed by atoms with Crippen molar-refractivity contribution in [2.75, 3.05) is 14.2 Å². The van der Waals surface area contributed by atoms with E-state index in [9.17, 15) is 0 Å². The van der Waals surface area contributed by atoms with Crippen LogP contribution in [0.15, 0.2) is 71.2 Å². The van der Waals surface area contributed by atoms with Gasteiger partial charge in [0.25, 0.3) is 0 Å². The first-order valence-corrected chi connectivity index (χ1v) is 9.86. The summed E-state index contributed by atoms with van der Waals surface area (Å²) in [6, 6.07) is 22.1. The van der Waals surface area contributed by atoms with Gasteiger partial charge in [-0.2, -0.15) is 0 Å². The van der Waals surface area contributed by atoms with Crippen LogP contribution >= 0.6 is 15.9 Å². The number of methoxy groups -OCH3 is 2. The molecular weight excluding hydrogens is 418 g/mol. The summed E-state index contributed by atoms with van der Waals surface area (Å²) in [4.78, 5) is 0. The third-order valence-corrected chi connectivity index (χ3v) is 4.94. The minimum absolute atomic E-state index is 0.487. The highest BCUT2D eigenvalue weighted by atomic mass is 79.9. The first-order valence-electron chi connectivity index (χ1n) is 9.07. The van der Waals surface area contributed by atoms with Crippen molar-refractivity contribution in [1.82, 2.24) is 5.32 Å². The second-order valence-corrected chi connectivity index (χ2v) is 7.15. The summed E-state index contributed by atoms with van der Waals surface area (Å²) in [5.41, 5.74) is 3.34.